The van der Waals surface area contributed by atoms with Crippen LogP contribution in [0.1, 0.15) is 32.8 Å². The van der Waals surface area contributed by atoms with Crippen molar-refractivity contribution in [1.82, 2.24) is 10.2 Å². The Labute approximate surface area is 180 Å². The van der Waals surface area contributed by atoms with E-state index < -0.39 is 6.04 Å². The van der Waals surface area contributed by atoms with Crippen LogP contribution in [0.2, 0.25) is 5.02 Å². The lowest BCUT2D eigenvalue weighted by molar-refractivity contribution is -0.138. The molecule has 0 aliphatic carbocycles. The molecule has 2 atom stereocenters. The van der Waals surface area contributed by atoms with Crippen LogP contribution >= 0.6 is 23.4 Å². The number of carbonyl (C=O) groups is 2. The van der Waals surface area contributed by atoms with Gasteiger partial charge < -0.3 is 10.2 Å². The second kappa shape index (κ2) is 11.2. The fraction of sp³-hybridized carbons (Fsp3) is 0.364. The first kappa shape index (κ1) is 23.2. The zero-order valence-electron chi connectivity index (χ0n) is 16.8. The predicted molar refractivity (Wildman–Crippen MR) is 116 cm³/mol. The second-order valence-electron chi connectivity index (χ2n) is 6.88. The number of benzene rings is 2. The van der Waals surface area contributed by atoms with Gasteiger partial charge in [0.05, 0.1) is 5.75 Å². The van der Waals surface area contributed by atoms with Crippen molar-refractivity contribution < 1.29 is 14.0 Å². The number of thioether (sulfide) groups is 1. The predicted octanol–water partition coefficient (Wildman–Crippen LogP) is 4.90. The van der Waals surface area contributed by atoms with E-state index in [0.717, 1.165) is 16.9 Å². The normalized spacial score (nSPS) is 12.9. The monoisotopic (exact) mass is 436 g/mol. The standard InChI is InChI=1S/C22H26ClFN2O2S/c1-4-15(2)25-22(28)16(3)26(13-17-5-9-19(24)10-6-17)21(27)14-29-20-11-7-18(23)8-12-20/h5-12,15-16H,4,13-14H2,1-3H3,(H,25,28)/t15-,16-/m1/s1. The molecule has 0 saturated carbocycles. The molecule has 0 heterocycles. The summed E-state index contributed by atoms with van der Waals surface area (Å²) in [5.74, 6) is -0.524. The van der Waals surface area contributed by atoms with Crippen LogP contribution in [0.3, 0.4) is 0 Å². The van der Waals surface area contributed by atoms with E-state index in [1.54, 1.807) is 31.2 Å². The number of halogens is 2. The van der Waals surface area contributed by atoms with E-state index in [2.05, 4.69) is 5.32 Å². The van der Waals surface area contributed by atoms with Crippen LogP contribution in [0.25, 0.3) is 0 Å². The summed E-state index contributed by atoms with van der Waals surface area (Å²) in [5, 5.41) is 3.56. The Morgan fingerprint density at radius 2 is 1.72 bits per heavy atom. The van der Waals surface area contributed by atoms with E-state index in [0.29, 0.717) is 5.02 Å². The molecule has 2 aromatic rings. The summed E-state index contributed by atoms with van der Waals surface area (Å²) in [5.41, 5.74) is 0.763. The average molecular weight is 437 g/mol. The lowest BCUT2D eigenvalue weighted by Crippen LogP contribution is -2.50. The van der Waals surface area contributed by atoms with Crippen LogP contribution in [-0.4, -0.2) is 34.6 Å². The summed E-state index contributed by atoms with van der Waals surface area (Å²) in [7, 11) is 0. The summed E-state index contributed by atoms with van der Waals surface area (Å²) in [6.45, 7) is 5.86. The SMILES string of the molecule is CC[C@@H](C)NC(=O)[C@@H](C)N(Cc1ccc(F)cc1)C(=O)CSc1ccc(Cl)cc1. The maximum absolute atomic E-state index is 13.2. The molecule has 0 fully saturated rings. The first-order valence-electron chi connectivity index (χ1n) is 9.52. The van der Waals surface area contributed by atoms with E-state index in [-0.39, 0.29) is 36.0 Å². The van der Waals surface area contributed by atoms with Crippen molar-refractivity contribution in [2.75, 3.05) is 5.75 Å². The number of hydrogen-bond donors (Lipinski definition) is 1. The maximum Gasteiger partial charge on any atom is 0.242 e. The summed E-state index contributed by atoms with van der Waals surface area (Å²) >= 11 is 7.28. The number of nitrogens with zero attached hydrogens (tertiary/aromatic N) is 1. The average Bonchev–Trinajstić information content (AvgIpc) is 2.72. The van der Waals surface area contributed by atoms with Crippen LogP contribution in [0.15, 0.2) is 53.4 Å². The minimum Gasteiger partial charge on any atom is -0.352 e. The molecule has 7 heteroatoms. The lowest BCUT2D eigenvalue weighted by Gasteiger charge is -2.29. The van der Waals surface area contributed by atoms with Crippen molar-refractivity contribution in [3.8, 4) is 0 Å². The number of carbonyl (C=O) groups excluding carboxylic acids is 2. The van der Waals surface area contributed by atoms with E-state index in [1.165, 1.54) is 28.8 Å². The fourth-order valence-electron chi connectivity index (χ4n) is 2.59. The summed E-state index contributed by atoms with van der Waals surface area (Å²) < 4.78 is 13.2. The zero-order chi connectivity index (χ0) is 21.4. The molecule has 0 unspecified atom stereocenters. The van der Waals surface area contributed by atoms with Gasteiger partial charge in [0.2, 0.25) is 11.8 Å². The molecule has 1 N–H and O–H groups in total. The minimum atomic E-state index is -0.646. The van der Waals surface area contributed by atoms with Gasteiger partial charge in [-0.3, -0.25) is 9.59 Å². The quantitative estimate of drug-likeness (QED) is 0.568. The Balaban J connectivity index is 2.13. The Morgan fingerprint density at radius 1 is 1.10 bits per heavy atom. The van der Waals surface area contributed by atoms with Crippen LogP contribution in [-0.2, 0) is 16.1 Å². The highest BCUT2D eigenvalue weighted by atomic mass is 35.5. The third kappa shape index (κ3) is 7.37. The van der Waals surface area contributed by atoms with Gasteiger partial charge in [-0.05, 0) is 62.2 Å². The number of hydrogen-bond acceptors (Lipinski definition) is 3. The Bertz CT molecular complexity index is 815. The second-order valence-corrected chi connectivity index (χ2v) is 8.37. The van der Waals surface area contributed by atoms with Crippen LogP contribution in [0.5, 0.6) is 0 Å². The first-order chi connectivity index (χ1) is 13.8. The van der Waals surface area contributed by atoms with Gasteiger partial charge in [-0.15, -0.1) is 11.8 Å². The van der Waals surface area contributed by atoms with Gasteiger partial charge in [0.15, 0.2) is 0 Å². The molecule has 0 bridgehead atoms. The highest BCUT2D eigenvalue weighted by Crippen LogP contribution is 2.22. The largest absolute Gasteiger partial charge is 0.352 e. The van der Waals surface area contributed by atoms with Crippen molar-refractivity contribution in [3.05, 3.63) is 64.9 Å². The van der Waals surface area contributed by atoms with Crippen molar-refractivity contribution in [2.24, 2.45) is 0 Å². The highest BCUT2D eigenvalue weighted by molar-refractivity contribution is 8.00. The van der Waals surface area contributed by atoms with Gasteiger partial charge in [-0.25, -0.2) is 4.39 Å². The minimum absolute atomic E-state index is 0.0242. The highest BCUT2D eigenvalue weighted by Gasteiger charge is 2.26. The van der Waals surface area contributed by atoms with Gasteiger partial charge >= 0.3 is 0 Å². The molecule has 4 nitrogen and oxygen atoms in total. The van der Waals surface area contributed by atoms with Crippen LogP contribution in [0, 0.1) is 5.82 Å². The summed E-state index contributed by atoms with van der Waals surface area (Å²) in [6, 6.07) is 12.6. The molecular weight excluding hydrogens is 411 g/mol. The molecule has 2 rings (SSSR count). The summed E-state index contributed by atoms with van der Waals surface area (Å²) in [6.07, 6.45) is 0.802. The van der Waals surface area contributed by atoms with Crippen molar-refractivity contribution in [2.45, 2.75) is 50.7 Å². The van der Waals surface area contributed by atoms with Crippen molar-refractivity contribution >= 4 is 35.2 Å². The van der Waals surface area contributed by atoms with E-state index in [9.17, 15) is 14.0 Å². The maximum atomic E-state index is 13.2. The third-order valence-corrected chi connectivity index (χ3v) is 5.86. The first-order valence-corrected chi connectivity index (χ1v) is 10.9. The lowest BCUT2D eigenvalue weighted by atomic mass is 10.1. The van der Waals surface area contributed by atoms with Gasteiger partial charge in [0.1, 0.15) is 11.9 Å². The Morgan fingerprint density at radius 3 is 2.31 bits per heavy atom. The topological polar surface area (TPSA) is 49.4 Å². The van der Waals surface area contributed by atoms with Crippen molar-refractivity contribution in [3.63, 3.8) is 0 Å². The Hall–Kier alpha value is -2.05. The number of rotatable bonds is 9. The molecule has 0 radical (unpaired) electrons. The van der Waals surface area contributed by atoms with Gasteiger partial charge in [0.25, 0.3) is 0 Å². The Kier molecular flexibility index (Phi) is 8.99. The molecule has 0 aliphatic rings. The van der Waals surface area contributed by atoms with E-state index in [4.69, 9.17) is 11.6 Å². The number of nitrogens with one attached hydrogen (secondary N) is 1. The number of amides is 2. The van der Waals surface area contributed by atoms with Crippen LogP contribution < -0.4 is 5.32 Å². The molecule has 2 amide bonds. The molecule has 0 aromatic heterocycles. The van der Waals surface area contributed by atoms with Crippen molar-refractivity contribution in [1.29, 1.82) is 0 Å². The van der Waals surface area contributed by atoms with Gasteiger partial charge in [-0.1, -0.05) is 30.7 Å². The third-order valence-electron chi connectivity index (χ3n) is 4.61. The van der Waals surface area contributed by atoms with Gasteiger partial charge in [-0.2, -0.15) is 0 Å². The molecule has 0 aliphatic heterocycles. The fourth-order valence-corrected chi connectivity index (χ4v) is 3.50. The molecule has 0 spiro atoms. The smallest absolute Gasteiger partial charge is 0.242 e. The van der Waals surface area contributed by atoms with Gasteiger partial charge in [0, 0.05) is 22.5 Å². The summed E-state index contributed by atoms with van der Waals surface area (Å²) in [4.78, 5) is 28.1. The molecule has 29 heavy (non-hydrogen) atoms. The molecule has 2 aromatic carbocycles. The van der Waals surface area contributed by atoms with E-state index in [1.807, 2.05) is 26.0 Å². The van der Waals surface area contributed by atoms with E-state index >= 15 is 0 Å². The zero-order valence-corrected chi connectivity index (χ0v) is 18.4. The van der Waals surface area contributed by atoms with Crippen LogP contribution in [0.4, 0.5) is 4.39 Å². The molecular formula is C22H26ClFN2O2S. The molecule has 0 saturated heterocycles. The molecule has 156 valence electrons.